The summed E-state index contributed by atoms with van der Waals surface area (Å²) in [6.45, 7) is 2.38. The molecular formula is C25H26N4OS. The van der Waals surface area contributed by atoms with Gasteiger partial charge in [0.15, 0.2) is 0 Å². The minimum Gasteiger partial charge on any atom is -0.405 e. The number of nitrogens with two attached hydrogens (primary N) is 2. The zero-order valence-corrected chi connectivity index (χ0v) is 18.4. The average Bonchev–Trinajstić information content (AvgIpc) is 2.81. The highest BCUT2D eigenvalue weighted by atomic mass is 32.2. The van der Waals surface area contributed by atoms with Crippen LogP contribution >= 0.6 is 11.8 Å². The van der Waals surface area contributed by atoms with Crippen LogP contribution in [0.5, 0.6) is 0 Å². The molecule has 3 rings (SSSR count). The summed E-state index contributed by atoms with van der Waals surface area (Å²) in [5, 5.41) is 2.96. The molecular weight excluding hydrogens is 404 g/mol. The Hall–Kier alpha value is -3.51. The number of thioether (sulfide) groups is 1. The number of nitrogens with one attached hydrogen (secondary N) is 1. The Morgan fingerprint density at radius 2 is 1.90 bits per heavy atom. The van der Waals surface area contributed by atoms with E-state index in [1.807, 2.05) is 67.8 Å². The van der Waals surface area contributed by atoms with Gasteiger partial charge in [0.05, 0.1) is 12.2 Å². The fourth-order valence-corrected chi connectivity index (χ4v) is 3.76. The number of aryl methyl sites for hydroxylation is 1. The maximum Gasteiger partial charge on any atom is 0.251 e. The van der Waals surface area contributed by atoms with Crippen LogP contribution in [-0.2, 0) is 6.54 Å². The molecule has 1 heterocycles. The molecule has 31 heavy (non-hydrogen) atoms. The fraction of sp³-hybridized carbons (Fsp3) is 0.120. The standard InChI is InChI=1S/C25H26N4OS/c1-17-8-9-21(15-24(17)31-2)25(30)29-16-22-14-19(10-12-28-22)18-5-3-6-20(13-18)23(27)7-4-11-26/h3-15H,16,26-27H2,1-2H3,(H,29,30)/b11-4-,23-7-. The van der Waals surface area contributed by atoms with Crippen LogP contribution in [0.25, 0.3) is 16.8 Å². The van der Waals surface area contributed by atoms with E-state index in [1.54, 1.807) is 30.1 Å². The van der Waals surface area contributed by atoms with Crippen molar-refractivity contribution in [2.75, 3.05) is 6.26 Å². The van der Waals surface area contributed by atoms with E-state index >= 15 is 0 Å². The summed E-state index contributed by atoms with van der Waals surface area (Å²) in [5.74, 6) is -0.115. The number of pyridine rings is 1. The van der Waals surface area contributed by atoms with Crippen molar-refractivity contribution in [1.82, 2.24) is 10.3 Å². The average molecular weight is 431 g/mol. The second-order valence-corrected chi connectivity index (χ2v) is 7.84. The minimum atomic E-state index is -0.115. The molecule has 0 aliphatic rings. The molecule has 0 unspecified atom stereocenters. The van der Waals surface area contributed by atoms with Gasteiger partial charge in [0.1, 0.15) is 0 Å². The van der Waals surface area contributed by atoms with Gasteiger partial charge in [0.25, 0.3) is 5.91 Å². The molecule has 1 amide bonds. The van der Waals surface area contributed by atoms with Crippen LogP contribution in [0.3, 0.4) is 0 Å². The number of nitrogens with zero attached hydrogens (tertiary/aromatic N) is 1. The highest BCUT2D eigenvalue weighted by molar-refractivity contribution is 7.98. The van der Waals surface area contributed by atoms with Crippen molar-refractivity contribution in [1.29, 1.82) is 0 Å². The van der Waals surface area contributed by atoms with E-state index in [0.29, 0.717) is 17.8 Å². The van der Waals surface area contributed by atoms with Gasteiger partial charge in [-0.2, -0.15) is 0 Å². The molecule has 0 atom stereocenters. The van der Waals surface area contributed by atoms with E-state index in [1.165, 1.54) is 6.20 Å². The first kappa shape index (κ1) is 22.2. The largest absolute Gasteiger partial charge is 0.405 e. The zero-order valence-electron chi connectivity index (χ0n) is 17.6. The van der Waals surface area contributed by atoms with E-state index in [2.05, 4.69) is 10.3 Å². The Bertz CT molecular complexity index is 1140. The normalized spacial score (nSPS) is 11.6. The number of amides is 1. The third kappa shape index (κ3) is 5.77. The van der Waals surface area contributed by atoms with Crippen LogP contribution in [0, 0.1) is 6.92 Å². The first-order valence-corrected chi connectivity index (χ1v) is 11.1. The molecule has 0 bridgehead atoms. The molecule has 158 valence electrons. The van der Waals surface area contributed by atoms with Crippen molar-refractivity contribution < 1.29 is 4.79 Å². The van der Waals surface area contributed by atoms with Crippen molar-refractivity contribution in [3.05, 3.63) is 102 Å². The Morgan fingerprint density at radius 3 is 2.68 bits per heavy atom. The number of hydrogen-bond acceptors (Lipinski definition) is 5. The highest BCUT2D eigenvalue weighted by Crippen LogP contribution is 2.23. The SMILES string of the molecule is CSc1cc(C(=O)NCc2cc(-c3cccc(/C(N)=C/C=C\N)c3)ccn2)ccc1C. The topological polar surface area (TPSA) is 94.0 Å². The number of rotatable bonds is 7. The molecule has 5 nitrogen and oxygen atoms in total. The first-order valence-electron chi connectivity index (χ1n) is 9.84. The molecule has 1 aromatic heterocycles. The number of allylic oxidation sites excluding steroid dienone is 2. The number of carbonyl (C=O) groups is 1. The highest BCUT2D eigenvalue weighted by Gasteiger charge is 2.09. The predicted octanol–water partition coefficient (Wildman–Crippen LogP) is 4.48. The predicted molar refractivity (Wildman–Crippen MR) is 129 cm³/mol. The van der Waals surface area contributed by atoms with Gasteiger partial charge >= 0.3 is 0 Å². The van der Waals surface area contributed by atoms with E-state index in [0.717, 1.165) is 32.8 Å². The molecule has 5 N–H and O–H groups in total. The molecule has 0 aliphatic carbocycles. The summed E-state index contributed by atoms with van der Waals surface area (Å²) in [6.07, 6.45) is 8.66. The molecule has 0 fully saturated rings. The summed E-state index contributed by atoms with van der Waals surface area (Å²) in [6, 6.07) is 17.6. The summed E-state index contributed by atoms with van der Waals surface area (Å²) < 4.78 is 0. The number of hydrogen-bond donors (Lipinski definition) is 3. The van der Waals surface area contributed by atoms with Crippen LogP contribution in [0.2, 0.25) is 0 Å². The molecule has 0 saturated heterocycles. The lowest BCUT2D eigenvalue weighted by Crippen LogP contribution is -2.23. The maximum atomic E-state index is 12.6. The minimum absolute atomic E-state index is 0.115. The smallest absolute Gasteiger partial charge is 0.251 e. The van der Waals surface area contributed by atoms with Gasteiger partial charge < -0.3 is 16.8 Å². The van der Waals surface area contributed by atoms with Crippen LogP contribution in [0.15, 0.2) is 84.0 Å². The molecule has 0 spiro atoms. The Labute approximate surface area is 187 Å². The Balaban J connectivity index is 1.74. The van der Waals surface area contributed by atoms with E-state index < -0.39 is 0 Å². The fourth-order valence-electron chi connectivity index (χ4n) is 3.12. The van der Waals surface area contributed by atoms with Gasteiger partial charge in [-0.15, -0.1) is 11.8 Å². The Morgan fingerprint density at radius 1 is 1.10 bits per heavy atom. The van der Waals surface area contributed by atoms with Crippen molar-refractivity contribution >= 4 is 23.4 Å². The van der Waals surface area contributed by atoms with E-state index in [9.17, 15) is 4.79 Å². The second-order valence-electron chi connectivity index (χ2n) is 6.99. The number of carbonyl (C=O) groups excluding carboxylic acids is 1. The van der Waals surface area contributed by atoms with Gasteiger partial charge in [-0.05, 0) is 84.1 Å². The van der Waals surface area contributed by atoms with Gasteiger partial charge in [-0.1, -0.05) is 24.3 Å². The summed E-state index contributed by atoms with van der Waals surface area (Å²) in [5.41, 5.74) is 17.6. The molecule has 6 heteroatoms. The lowest BCUT2D eigenvalue weighted by molar-refractivity contribution is 0.0950. The van der Waals surface area contributed by atoms with Crippen LogP contribution in [0.1, 0.15) is 27.2 Å². The van der Waals surface area contributed by atoms with Gasteiger partial charge in [-0.3, -0.25) is 9.78 Å². The van der Waals surface area contributed by atoms with Crippen molar-refractivity contribution in [2.45, 2.75) is 18.4 Å². The maximum absolute atomic E-state index is 12.6. The molecule has 0 radical (unpaired) electrons. The molecule has 3 aromatic rings. The van der Waals surface area contributed by atoms with Crippen molar-refractivity contribution in [2.24, 2.45) is 11.5 Å². The summed E-state index contributed by atoms with van der Waals surface area (Å²) in [4.78, 5) is 18.1. The first-order chi connectivity index (χ1) is 15.0. The quantitative estimate of drug-likeness (QED) is 0.379. The molecule has 2 aromatic carbocycles. The van der Waals surface area contributed by atoms with Crippen LogP contribution < -0.4 is 16.8 Å². The van der Waals surface area contributed by atoms with Gasteiger partial charge in [0.2, 0.25) is 0 Å². The lowest BCUT2D eigenvalue weighted by atomic mass is 10.0. The number of aromatic nitrogens is 1. The van der Waals surface area contributed by atoms with Crippen LogP contribution in [0.4, 0.5) is 0 Å². The lowest BCUT2D eigenvalue weighted by Gasteiger charge is -2.10. The third-order valence-electron chi connectivity index (χ3n) is 4.83. The summed E-state index contributed by atoms with van der Waals surface area (Å²) in [7, 11) is 0. The van der Waals surface area contributed by atoms with E-state index in [4.69, 9.17) is 11.5 Å². The molecule has 0 aliphatic heterocycles. The number of benzene rings is 2. The summed E-state index contributed by atoms with van der Waals surface area (Å²) >= 11 is 1.63. The monoisotopic (exact) mass is 430 g/mol. The van der Waals surface area contributed by atoms with Crippen molar-refractivity contribution in [3.63, 3.8) is 0 Å². The van der Waals surface area contributed by atoms with Crippen molar-refractivity contribution in [3.8, 4) is 11.1 Å². The third-order valence-corrected chi connectivity index (χ3v) is 5.71. The van der Waals surface area contributed by atoms with Gasteiger partial charge in [-0.25, -0.2) is 0 Å². The van der Waals surface area contributed by atoms with Gasteiger partial charge in [0, 0.05) is 22.4 Å². The molecule has 0 saturated carbocycles. The Kier molecular flexibility index (Phi) is 7.51. The zero-order chi connectivity index (χ0) is 22.2. The van der Waals surface area contributed by atoms with E-state index in [-0.39, 0.29) is 5.91 Å². The van der Waals surface area contributed by atoms with Crippen LogP contribution in [-0.4, -0.2) is 17.1 Å². The second kappa shape index (κ2) is 10.5.